The van der Waals surface area contributed by atoms with E-state index in [0.717, 1.165) is 11.4 Å². The molecule has 19 heavy (non-hydrogen) atoms. The zero-order valence-corrected chi connectivity index (χ0v) is 12.6. The molecule has 0 aromatic heterocycles. The highest BCUT2D eigenvalue weighted by Crippen LogP contribution is 2.42. The van der Waals surface area contributed by atoms with Crippen LogP contribution in [0.3, 0.4) is 0 Å². The number of hydrogen-bond donors (Lipinski definition) is 1. The number of benzene rings is 2. The van der Waals surface area contributed by atoms with E-state index in [0.29, 0.717) is 5.92 Å². The number of thioether (sulfide) groups is 2. The van der Waals surface area contributed by atoms with Gasteiger partial charge < -0.3 is 5.73 Å². The van der Waals surface area contributed by atoms with Gasteiger partial charge in [0.15, 0.2) is 0 Å². The maximum Gasteiger partial charge on any atom is 0.0354 e. The Bertz CT molecular complexity index is 595. The van der Waals surface area contributed by atoms with Crippen molar-refractivity contribution in [3.8, 4) is 0 Å². The van der Waals surface area contributed by atoms with Crippen LogP contribution in [0.15, 0.2) is 52.3 Å². The molecule has 0 fully saturated rings. The fraction of sp³-hybridized carbons (Fsp3) is 0.250. The molecule has 0 bridgehead atoms. The highest BCUT2D eigenvalue weighted by Gasteiger charge is 2.22. The molecule has 1 nitrogen and oxygen atoms in total. The number of hydrogen-bond acceptors (Lipinski definition) is 3. The number of nitrogen functional groups attached to an aromatic ring is 1. The van der Waals surface area contributed by atoms with E-state index in [1.54, 1.807) is 0 Å². The molecule has 0 radical (unpaired) electrons. The van der Waals surface area contributed by atoms with Crippen molar-refractivity contribution in [2.24, 2.45) is 0 Å². The van der Waals surface area contributed by atoms with Gasteiger partial charge in [0.05, 0.1) is 0 Å². The van der Waals surface area contributed by atoms with E-state index in [-0.39, 0.29) is 0 Å². The Hall–Kier alpha value is -1.06. The van der Waals surface area contributed by atoms with Crippen LogP contribution in [0, 0.1) is 6.92 Å². The predicted octanol–water partition coefficient (Wildman–Crippen LogP) is 4.56. The summed E-state index contributed by atoms with van der Waals surface area (Å²) in [5, 5.41) is 0. The van der Waals surface area contributed by atoms with E-state index in [4.69, 9.17) is 5.73 Å². The fourth-order valence-electron chi connectivity index (χ4n) is 2.35. The highest BCUT2D eigenvalue weighted by atomic mass is 32.2. The molecule has 3 heteroatoms. The van der Waals surface area contributed by atoms with Crippen LogP contribution in [-0.4, -0.2) is 11.5 Å². The predicted molar refractivity (Wildman–Crippen MR) is 86.2 cm³/mol. The zero-order chi connectivity index (χ0) is 13.2. The molecule has 1 atom stereocenters. The van der Waals surface area contributed by atoms with Crippen molar-refractivity contribution in [2.45, 2.75) is 22.6 Å². The summed E-state index contributed by atoms with van der Waals surface area (Å²) in [4.78, 5) is 2.77. The van der Waals surface area contributed by atoms with Crippen LogP contribution in [-0.2, 0) is 0 Å². The minimum atomic E-state index is 0.659. The van der Waals surface area contributed by atoms with Crippen molar-refractivity contribution in [2.75, 3.05) is 17.2 Å². The summed E-state index contributed by atoms with van der Waals surface area (Å²) < 4.78 is 0. The van der Waals surface area contributed by atoms with Gasteiger partial charge in [-0.15, -0.1) is 23.5 Å². The molecule has 1 aliphatic rings. The monoisotopic (exact) mass is 287 g/mol. The van der Waals surface area contributed by atoms with E-state index < -0.39 is 0 Å². The molecule has 0 aliphatic carbocycles. The summed E-state index contributed by atoms with van der Waals surface area (Å²) in [7, 11) is 0. The lowest BCUT2D eigenvalue weighted by Crippen LogP contribution is -2.00. The third kappa shape index (κ3) is 2.63. The summed E-state index contributed by atoms with van der Waals surface area (Å²) in [6.07, 6.45) is 0. The van der Waals surface area contributed by atoms with Crippen molar-refractivity contribution >= 4 is 29.2 Å². The Morgan fingerprint density at radius 2 is 2.05 bits per heavy atom. The molecule has 2 aromatic rings. The standard InChI is InChI=1S/C16H17NS2/c1-11-14(17)6-4-8-15(11)18-9-12-10-19-16-7-3-2-5-13(12)16/h2-8,12H,9-10,17H2,1H3. The SMILES string of the molecule is Cc1c(N)cccc1SCC1CSc2ccccc21. The molecule has 0 saturated heterocycles. The lowest BCUT2D eigenvalue weighted by atomic mass is 10.0. The molecule has 1 aliphatic heterocycles. The van der Waals surface area contributed by atoms with Crippen LogP contribution in [0.5, 0.6) is 0 Å². The van der Waals surface area contributed by atoms with Gasteiger partial charge in [-0.05, 0) is 36.2 Å². The first kappa shape index (κ1) is 12.9. The Kier molecular flexibility index (Phi) is 3.76. The third-order valence-corrected chi connectivity index (χ3v) is 6.14. The van der Waals surface area contributed by atoms with Crippen LogP contribution in [0.25, 0.3) is 0 Å². The van der Waals surface area contributed by atoms with E-state index in [2.05, 4.69) is 37.3 Å². The lowest BCUT2D eigenvalue weighted by molar-refractivity contribution is 0.896. The average molecular weight is 287 g/mol. The minimum absolute atomic E-state index is 0.659. The molecule has 1 unspecified atom stereocenters. The average Bonchev–Trinajstić information content (AvgIpc) is 2.84. The second-order valence-corrected chi connectivity index (χ2v) is 6.95. The first-order chi connectivity index (χ1) is 9.25. The summed E-state index contributed by atoms with van der Waals surface area (Å²) in [6.45, 7) is 2.11. The summed E-state index contributed by atoms with van der Waals surface area (Å²) in [6, 6.07) is 15.0. The van der Waals surface area contributed by atoms with Gasteiger partial charge in [-0.1, -0.05) is 24.3 Å². The summed E-state index contributed by atoms with van der Waals surface area (Å²) in [5.74, 6) is 2.99. The van der Waals surface area contributed by atoms with Gasteiger partial charge in [-0.2, -0.15) is 0 Å². The van der Waals surface area contributed by atoms with Crippen LogP contribution < -0.4 is 5.73 Å². The molecular weight excluding hydrogens is 270 g/mol. The van der Waals surface area contributed by atoms with Gasteiger partial charge in [0.1, 0.15) is 0 Å². The maximum atomic E-state index is 5.96. The number of anilines is 1. The Morgan fingerprint density at radius 1 is 1.21 bits per heavy atom. The second-order valence-electron chi connectivity index (χ2n) is 4.83. The van der Waals surface area contributed by atoms with Gasteiger partial charge in [-0.25, -0.2) is 0 Å². The molecule has 1 heterocycles. The molecule has 0 amide bonds. The van der Waals surface area contributed by atoms with Gasteiger partial charge in [0.25, 0.3) is 0 Å². The van der Waals surface area contributed by atoms with Crippen molar-refractivity contribution in [1.29, 1.82) is 0 Å². The van der Waals surface area contributed by atoms with Crippen molar-refractivity contribution < 1.29 is 0 Å². The normalized spacial score (nSPS) is 17.4. The van der Waals surface area contributed by atoms with Gasteiger partial charge in [0, 0.05) is 32.9 Å². The van der Waals surface area contributed by atoms with Crippen molar-refractivity contribution in [1.82, 2.24) is 0 Å². The van der Waals surface area contributed by atoms with Gasteiger partial charge in [0.2, 0.25) is 0 Å². The van der Waals surface area contributed by atoms with Crippen LogP contribution in [0.1, 0.15) is 17.0 Å². The van der Waals surface area contributed by atoms with E-state index in [1.807, 2.05) is 35.7 Å². The molecule has 3 rings (SSSR count). The third-order valence-electron chi connectivity index (χ3n) is 3.56. The van der Waals surface area contributed by atoms with E-state index in [1.165, 1.54) is 26.7 Å². The quantitative estimate of drug-likeness (QED) is 0.662. The van der Waals surface area contributed by atoms with Gasteiger partial charge in [-0.3, -0.25) is 0 Å². The molecule has 0 spiro atoms. The zero-order valence-electron chi connectivity index (χ0n) is 10.9. The number of rotatable bonds is 3. The highest BCUT2D eigenvalue weighted by molar-refractivity contribution is 8.00. The van der Waals surface area contributed by atoms with E-state index in [9.17, 15) is 0 Å². The summed E-state index contributed by atoms with van der Waals surface area (Å²) >= 11 is 3.91. The second kappa shape index (κ2) is 5.51. The topological polar surface area (TPSA) is 26.0 Å². The summed E-state index contributed by atoms with van der Waals surface area (Å²) in [5.41, 5.74) is 9.59. The smallest absolute Gasteiger partial charge is 0.0354 e. The maximum absolute atomic E-state index is 5.96. The van der Waals surface area contributed by atoms with Crippen LogP contribution in [0.2, 0.25) is 0 Å². The lowest BCUT2D eigenvalue weighted by Gasteiger charge is -2.12. The Balaban J connectivity index is 1.73. The number of fused-ring (bicyclic) bond motifs is 1. The Morgan fingerprint density at radius 3 is 2.95 bits per heavy atom. The first-order valence-corrected chi connectivity index (χ1v) is 8.42. The first-order valence-electron chi connectivity index (χ1n) is 6.45. The fourth-order valence-corrected chi connectivity index (χ4v) is 4.94. The number of nitrogens with two attached hydrogens (primary N) is 1. The van der Waals surface area contributed by atoms with E-state index >= 15 is 0 Å². The minimum Gasteiger partial charge on any atom is -0.398 e. The van der Waals surface area contributed by atoms with Gasteiger partial charge >= 0.3 is 0 Å². The Labute approximate surface area is 123 Å². The molecular formula is C16H17NS2. The molecule has 98 valence electrons. The largest absolute Gasteiger partial charge is 0.398 e. The molecule has 2 N–H and O–H groups in total. The molecule has 0 saturated carbocycles. The van der Waals surface area contributed by atoms with Crippen LogP contribution >= 0.6 is 23.5 Å². The van der Waals surface area contributed by atoms with Crippen molar-refractivity contribution in [3.63, 3.8) is 0 Å². The van der Waals surface area contributed by atoms with Crippen molar-refractivity contribution in [3.05, 3.63) is 53.6 Å². The molecule has 2 aromatic carbocycles. The van der Waals surface area contributed by atoms with Crippen LogP contribution in [0.4, 0.5) is 5.69 Å².